The molecule has 0 atom stereocenters. The number of aliphatic hydroxyl groups is 1. The molecule has 0 spiro atoms. The number of unbranched alkanes of at least 4 members (excludes halogenated alkanes) is 2. The van der Waals surface area contributed by atoms with Crippen LogP contribution in [-0.4, -0.2) is 48.9 Å². The topological polar surface area (TPSA) is 60.9 Å². The van der Waals surface area contributed by atoms with E-state index in [1.54, 1.807) is 11.4 Å². The second-order valence-electron chi connectivity index (χ2n) is 5.47. The first-order valence-corrected chi connectivity index (χ1v) is 8.84. The minimum absolute atomic E-state index is 0.166. The van der Waals surface area contributed by atoms with Gasteiger partial charge in [0.15, 0.2) is 0 Å². The Hall–Kier alpha value is -0.950. The summed E-state index contributed by atoms with van der Waals surface area (Å²) in [5.74, 6) is 0. The minimum atomic E-state index is -3.39. The molecule has 5 nitrogen and oxygen atoms in total. The van der Waals surface area contributed by atoms with Gasteiger partial charge in [0.05, 0.1) is 0 Å². The monoisotopic (exact) mass is 312 g/mol. The van der Waals surface area contributed by atoms with Crippen LogP contribution < -0.4 is 0 Å². The molecule has 118 valence electrons. The van der Waals surface area contributed by atoms with Crippen molar-refractivity contribution in [3.63, 3.8) is 0 Å². The standard InChI is InChI=1S/C15H24N2O3S/c1-16(10-5-2-6-12-18)21(19,20)17-11-9-14-7-3-4-8-15(14)13-17/h3-4,7-8,18H,2,5-6,9-13H2,1H3. The van der Waals surface area contributed by atoms with Gasteiger partial charge < -0.3 is 5.11 Å². The molecule has 0 radical (unpaired) electrons. The van der Waals surface area contributed by atoms with Crippen LogP contribution in [0, 0.1) is 0 Å². The maximum atomic E-state index is 12.6. The third-order valence-electron chi connectivity index (χ3n) is 3.95. The van der Waals surface area contributed by atoms with Gasteiger partial charge in [-0.3, -0.25) is 0 Å². The summed E-state index contributed by atoms with van der Waals surface area (Å²) in [4.78, 5) is 0. The summed E-state index contributed by atoms with van der Waals surface area (Å²) in [5.41, 5.74) is 2.34. The first-order chi connectivity index (χ1) is 10.1. The Kier molecular flexibility index (Phi) is 5.75. The molecule has 0 amide bonds. The van der Waals surface area contributed by atoms with Crippen molar-refractivity contribution in [3.8, 4) is 0 Å². The lowest BCUT2D eigenvalue weighted by molar-refractivity contribution is 0.280. The zero-order valence-electron chi connectivity index (χ0n) is 12.5. The van der Waals surface area contributed by atoms with E-state index in [9.17, 15) is 8.42 Å². The van der Waals surface area contributed by atoms with E-state index in [-0.39, 0.29) is 6.61 Å². The van der Waals surface area contributed by atoms with E-state index >= 15 is 0 Å². The molecule has 0 bridgehead atoms. The lowest BCUT2D eigenvalue weighted by atomic mass is 10.0. The Labute approximate surface area is 127 Å². The van der Waals surface area contributed by atoms with Gasteiger partial charge in [0.1, 0.15) is 0 Å². The maximum Gasteiger partial charge on any atom is 0.282 e. The van der Waals surface area contributed by atoms with Gasteiger partial charge in [-0.05, 0) is 36.8 Å². The zero-order valence-corrected chi connectivity index (χ0v) is 13.3. The molecule has 21 heavy (non-hydrogen) atoms. The molecular formula is C15H24N2O3S. The lowest BCUT2D eigenvalue weighted by Gasteiger charge is -2.31. The molecule has 1 heterocycles. The Bertz CT molecular complexity index is 560. The number of hydrogen-bond acceptors (Lipinski definition) is 3. The molecule has 6 heteroatoms. The normalized spacial score (nSPS) is 16.1. The van der Waals surface area contributed by atoms with E-state index in [2.05, 4.69) is 6.07 Å². The van der Waals surface area contributed by atoms with Crippen molar-refractivity contribution in [2.45, 2.75) is 32.2 Å². The Morgan fingerprint density at radius 3 is 2.62 bits per heavy atom. The fourth-order valence-electron chi connectivity index (χ4n) is 2.60. The van der Waals surface area contributed by atoms with Crippen LogP contribution in [0.25, 0.3) is 0 Å². The predicted octanol–water partition coefficient (Wildman–Crippen LogP) is 1.38. The van der Waals surface area contributed by atoms with E-state index in [0.717, 1.165) is 31.2 Å². The fourth-order valence-corrected chi connectivity index (χ4v) is 3.98. The van der Waals surface area contributed by atoms with Crippen LogP contribution in [-0.2, 0) is 23.2 Å². The maximum absolute atomic E-state index is 12.6. The number of nitrogens with zero attached hydrogens (tertiary/aromatic N) is 2. The van der Waals surface area contributed by atoms with Crippen LogP contribution in [0.2, 0.25) is 0 Å². The van der Waals surface area contributed by atoms with Crippen molar-refractivity contribution in [2.24, 2.45) is 0 Å². The SMILES string of the molecule is CN(CCCCCO)S(=O)(=O)N1CCc2ccccc2C1. The summed E-state index contributed by atoms with van der Waals surface area (Å²) >= 11 is 0. The first kappa shape index (κ1) is 16.4. The second kappa shape index (κ2) is 7.35. The van der Waals surface area contributed by atoms with Gasteiger partial charge >= 0.3 is 0 Å². The van der Waals surface area contributed by atoms with E-state index in [1.807, 2.05) is 18.2 Å². The van der Waals surface area contributed by atoms with E-state index < -0.39 is 10.2 Å². The molecule has 0 aromatic heterocycles. The molecule has 0 saturated carbocycles. The number of fused-ring (bicyclic) bond motifs is 1. The third-order valence-corrected chi connectivity index (χ3v) is 5.88. The van der Waals surface area contributed by atoms with Crippen molar-refractivity contribution in [1.82, 2.24) is 8.61 Å². The van der Waals surface area contributed by atoms with Crippen LogP contribution in [0.15, 0.2) is 24.3 Å². The van der Waals surface area contributed by atoms with E-state index in [4.69, 9.17) is 5.11 Å². The molecule has 0 saturated heterocycles. The van der Waals surface area contributed by atoms with Gasteiger partial charge in [-0.1, -0.05) is 24.3 Å². The summed E-state index contributed by atoms with van der Waals surface area (Å²) in [5, 5.41) is 8.75. The molecule has 0 fully saturated rings. The van der Waals surface area contributed by atoms with Crippen LogP contribution in [0.5, 0.6) is 0 Å². The van der Waals surface area contributed by atoms with Crippen LogP contribution >= 0.6 is 0 Å². The summed E-state index contributed by atoms with van der Waals surface area (Å²) in [6.45, 7) is 1.67. The number of benzene rings is 1. The lowest BCUT2D eigenvalue weighted by Crippen LogP contribution is -2.44. The summed E-state index contributed by atoms with van der Waals surface area (Å²) < 4.78 is 28.1. The molecule has 1 N–H and O–H groups in total. The zero-order chi connectivity index (χ0) is 15.3. The van der Waals surface area contributed by atoms with Crippen molar-refractivity contribution < 1.29 is 13.5 Å². The largest absolute Gasteiger partial charge is 0.396 e. The van der Waals surface area contributed by atoms with Gasteiger partial charge in [-0.15, -0.1) is 0 Å². The predicted molar refractivity (Wildman–Crippen MR) is 83.0 cm³/mol. The van der Waals surface area contributed by atoms with Crippen molar-refractivity contribution in [2.75, 3.05) is 26.7 Å². The summed E-state index contributed by atoms with van der Waals surface area (Å²) in [6.07, 6.45) is 3.12. The number of hydrogen-bond donors (Lipinski definition) is 1. The summed E-state index contributed by atoms with van der Waals surface area (Å²) in [7, 11) is -1.75. The van der Waals surface area contributed by atoms with E-state index in [0.29, 0.717) is 19.6 Å². The van der Waals surface area contributed by atoms with Crippen molar-refractivity contribution in [1.29, 1.82) is 0 Å². The fraction of sp³-hybridized carbons (Fsp3) is 0.600. The Morgan fingerprint density at radius 2 is 1.90 bits per heavy atom. The Morgan fingerprint density at radius 1 is 1.19 bits per heavy atom. The highest BCUT2D eigenvalue weighted by Gasteiger charge is 2.29. The highest BCUT2D eigenvalue weighted by atomic mass is 32.2. The quantitative estimate of drug-likeness (QED) is 0.774. The van der Waals surface area contributed by atoms with Crippen molar-refractivity contribution >= 4 is 10.2 Å². The highest BCUT2D eigenvalue weighted by Crippen LogP contribution is 2.22. The minimum Gasteiger partial charge on any atom is -0.396 e. The van der Waals surface area contributed by atoms with Gasteiger partial charge in [0, 0.05) is 33.3 Å². The van der Waals surface area contributed by atoms with Crippen LogP contribution in [0.3, 0.4) is 0 Å². The Balaban J connectivity index is 1.97. The van der Waals surface area contributed by atoms with Crippen molar-refractivity contribution in [3.05, 3.63) is 35.4 Å². The molecular weight excluding hydrogens is 288 g/mol. The molecule has 0 aliphatic carbocycles. The molecule has 1 aromatic carbocycles. The van der Waals surface area contributed by atoms with Crippen LogP contribution in [0.4, 0.5) is 0 Å². The second-order valence-corrected chi connectivity index (χ2v) is 7.50. The number of rotatable bonds is 7. The highest BCUT2D eigenvalue weighted by molar-refractivity contribution is 7.86. The number of aliphatic hydroxyl groups excluding tert-OH is 1. The van der Waals surface area contributed by atoms with Gasteiger partial charge in [-0.25, -0.2) is 0 Å². The molecule has 0 unspecified atom stereocenters. The average molecular weight is 312 g/mol. The van der Waals surface area contributed by atoms with E-state index in [1.165, 1.54) is 9.87 Å². The molecule has 1 aromatic rings. The molecule has 2 rings (SSSR count). The smallest absolute Gasteiger partial charge is 0.282 e. The van der Waals surface area contributed by atoms with Gasteiger partial charge in [0.2, 0.25) is 0 Å². The van der Waals surface area contributed by atoms with Gasteiger partial charge in [-0.2, -0.15) is 17.0 Å². The van der Waals surface area contributed by atoms with Crippen LogP contribution in [0.1, 0.15) is 30.4 Å². The van der Waals surface area contributed by atoms with Gasteiger partial charge in [0.25, 0.3) is 10.2 Å². The summed E-state index contributed by atoms with van der Waals surface area (Å²) in [6, 6.07) is 8.01. The average Bonchev–Trinajstić information content (AvgIpc) is 2.50. The molecule has 1 aliphatic rings. The first-order valence-electron chi connectivity index (χ1n) is 7.45. The molecule has 1 aliphatic heterocycles. The third kappa shape index (κ3) is 4.03.